The molecule has 0 spiro atoms. The number of carboxylic acids is 1. The molecule has 1 atom stereocenters. The Kier molecular flexibility index (Phi) is 4.94. The van der Waals surface area contributed by atoms with E-state index in [4.69, 9.17) is 9.47 Å². The molecule has 3 rings (SSSR count). The van der Waals surface area contributed by atoms with E-state index in [1.807, 2.05) is 0 Å². The summed E-state index contributed by atoms with van der Waals surface area (Å²) in [5.74, 6) is -0.595. The lowest BCUT2D eigenvalue weighted by Gasteiger charge is -2.34. The average Bonchev–Trinajstić information content (AvgIpc) is 3.22. The van der Waals surface area contributed by atoms with Crippen LogP contribution < -0.4 is 4.74 Å². The predicted molar refractivity (Wildman–Crippen MR) is 92.2 cm³/mol. The molecule has 1 aliphatic rings. The number of carbonyl (C=O) groups excluding carboxylic acids is 1. The zero-order valence-electron chi connectivity index (χ0n) is 14.7. The van der Waals surface area contributed by atoms with Gasteiger partial charge in [-0.1, -0.05) is 12.1 Å². The Morgan fingerprint density at radius 1 is 1.35 bits per heavy atom. The van der Waals surface area contributed by atoms with Crippen LogP contribution in [-0.4, -0.2) is 57.5 Å². The molecule has 1 amide bonds. The number of para-hydroxylation sites is 1. The molecule has 8 nitrogen and oxygen atoms in total. The minimum atomic E-state index is -1.35. The number of likely N-dealkylation sites (tertiary alicyclic amines) is 1. The van der Waals surface area contributed by atoms with Gasteiger partial charge in [-0.15, -0.1) is 0 Å². The van der Waals surface area contributed by atoms with Gasteiger partial charge < -0.3 is 19.5 Å². The summed E-state index contributed by atoms with van der Waals surface area (Å²) in [6, 6.07) is 6.78. The minimum absolute atomic E-state index is 0.0559. The molecule has 1 aromatic carbocycles. The van der Waals surface area contributed by atoms with Crippen LogP contribution in [0.5, 0.6) is 11.5 Å². The normalized spacial score (nSPS) is 19.5. The van der Waals surface area contributed by atoms with Gasteiger partial charge in [-0.05, 0) is 25.0 Å². The number of amides is 1. The molecular formula is C18H21N3O5. The number of nitrogens with zero attached hydrogens (tertiary/aromatic N) is 3. The Morgan fingerprint density at radius 2 is 2.12 bits per heavy atom. The quantitative estimate of drug-likeness (QED) is 0.847. The third kappa shape index (κ3) is 3.15. The predicted octanol–water partition coefficient (Wildman–Crippen LogP) is 1.92. The summed E-state index contributed by atoms with van der Waals surface area (Å²) < 4.78 is 12.5. The Morgan fingerprint density at radius 3 is 2.77 bits per heavy atom. The molecule has 1 aliphatic heterocycles. The van der Waals surface area contributed by atoms with E-state index in [9.17, 15) is 14.7 Å². The van der Waals surface area contributed by atoms with Crippen molar-refractivity contribution in [2.24, 2.45) is 7.05 Å². The van der Waals surface area contributed by atoms with E-state index in [-0.39, 0.29) is 12.5 Å². The molecule has 138 valence electrons. The van der Waals surface area contributed by atoms with Gasteiger partial charge in [-0.3, -0.25) is 9.48 Å². The third-order valence-electron chi connectivity index (χ3n) is 4.54. The molecule has 2 heterocycles. The number of benzene rings is 1. The first-order chi connectivity index (χ1) is 12.5. The Labute approximate surface area is 150 Å². The number of carbonyl (C=O) groups is 2. The van der Waals surface area contributed by atoms with Crippen molar-refractivity contribution < 1.29 is 24.2 Å². The van der Waals surface area contributed by atoms with E-state index in [0.717, 1.165) is 0 Å². The first-order valence-corrected chi connectivity index (χ1v) is 8.28. The topological polar surface area (TPSA) is 93.9 Å². The fraction of sp³-hybridized carbons (Fsp3) is 0.389. The van der Waals surface area contributed by atoms with E-state index in [1.54, 1.807) is 48.4 Å². The summed E-state index contributed by atoms with van der Waals surface area (Å²) in [7, 11) is 3.20. The van der Waals surface area contributed by atoms with Crippen molar-refractivity contribution in [3.8, 4) is 11.5 Å². The van der Waals surface area contributed by atoms with Gasteiger partial charge in [0.15, 0.2) is 11.3 Å². The monoisotopic (exact) mass is 359 g/mol. The fourth-order valence-corrected chi connectivity index (χ4v) is 3.30. The summed E-state index contributed by atoms with van der Waals surface area (Å²) in [6.07, 6.45) is 4.19. The molecule has 1 fully saturated rings. The van der Waals surface area contributed by atoms with Crippen LogP contribution in [0, 0.1) is 0 Å². The van der Waals surface area contributed by atoms with Gasteiger partial charge in [0.2, 0.25) is 0 Å². The first-order valence-electron chi connectivity index (χ1n) is 8.28. The number of aryl methyl sites for hydroxylation is 1. The second kappa shape index (κ2) is 7.17. The summed E-state index contributed by atoms with van der Waals surface area (Å²) >= 11 is 0. The van der Waals surface area contributed by atoms with Crippen LogP contribution in [-0.2, 0) is 16.6 Å². The van der Waals surface area contributed by atoms with Gasteiger partial charge in [-0.2, -0.15) is 5.10 Å². The van der Waals surface area contributed by atoms with Gasteiger partial charge in [0, 0.05) is 20.7 Å². The minimum Gasteiger partial charge on any atom is -0.479 e. The van der Waals surface area contributed by atoms with Crippen LogP contribution in [0.3, 0.4) is 0 Å². The lowest BCUT2D eigenvalue weighted by molar-refractivity contribution is -0.151. The highest BCUT2D eigenvalue weighted by molar-refractivity contribution is 6.00. The van der Waals surface area contributed by atoms with E-state index >= 15 is 0 Å². The number of aromatic nitrogens is 2. The SMILES string of the molecule is COCC1(C(=O)O)CCCN1C(=O)c1ccccc1Oc1cnn(C)c1. The van der Waals surface area contributed by atoms with E-state index in [0.29, 0.717) is 36.4 Å². The van der Waals surface area contributed by atoms with Crippen molar-refractivity contribution in [3.63, 3.8) is 0 Å². The maximum absolute atomic E-state index is 13.2. The number of hydrogen-bond acceptors (Lipinski definition) is 5. The molecule has 1 aromatic heterocycles. The van der Waals surface area contributed by atoms with Crippen molar-refractivity contribution in [1.29, 1.82) is 0 Å². The van der Waals surface area contributed by atoms with Gasteiger partial charge in [0.25, 0.3) is 5.91 Å². The highest BCUT2D eigenvalue weighted by Gasteiger charge is 2.50. The van der Waals surface area contributed by atoms with E-state index in [2.05, 4.69) is 5.10 Å². The molecule has 0 saturated carbocycles. The Balaban J connectivity index is 1.93. The molecule has 1 N–H and O–H groups in total. The molecule has 1 saturated heterocycles. The first kappa shape index (κ1) is 17.9. The molecular weight excluding hydrogens is 338 g/mol. The van der Waals surface area contributed by atoms with Crippen molar-refractivity contribution >= 4 is 11.9 Å². The molecule has 8 heteroatoms. The van der Waals surface area contributed by atoms with Gasteiger partial charge in [0.05, 0.1) is 24.6 Å². The largest absolute Gasteiger partial charge is 0.479 e. The van der Waals surface area contributed by atoms with E-state index < -0.39 is 11.5 Å². The summed E-state index contributed by atoms with van der Waals surface area (Å²) in [6.45, 7) is 0.301. The van der Waals surface area contributed by atoms with Crippen LogP contribution in [0.15, 0.2) is 36.7 Å². The standard InChI is InChI=1S/C18H21N3O5/c1-20-11-13(10-19-20)26-15-7-4-3-6-14(15)16(22)21-9-5-8-18(21,12-25-2)17(23)24/h3-4,6-7,10-11H,5,8-9,12H2,1-2H3,(H,23,24). The molecule has 26 heavy (non-hydrogen) atoms. The number of ether oxygens (including phenoxy) is 2. The van der Waals surface area contributed by atoms with Crippen LogP contribution in [0.2, 0.25) is 0 Å². The van der Waals surface area contributed by atoms with Crippen LogP contribution in [0.1, 0.15) is 23.2 Å². The molecule has 1 unspecified atom stereocenters. The number of aliphatic carboxylic acids is 1. The van der Waals surface area contributed by atoms with Gasteiger partial charge in [-0.25, -0.2) is 4.79 Å². The lowest BCUT2D eigenvalue weighted by atomic mass is 9.96. The summed E-state index contributed by atoms with van der Waals surface area (Å²) in [4.78, 5) is 26.5. The number of carboxylic acid groups (broad SMARTS) is 1. The highest BCUT2D eigenvalue weighted by atomic mass is 16.5. The molecule has 0 bridgehead atoms. The Bertz CT molecular complexity index is 819. The van der Waals surface area contributed by atoms with Gasteiger partial charge in [0.1, 0.15) is 5.75 Å². The maximum Gasteiger partial charge on any atom is 0.332 e. The van der Waals surface area contributed by atoms with Crippen molar-refractivity contribution in [1.82, 2.24) is 14.7 Å². The van der Waals surface area contributed by atoms with Crippen molar-refractivity contribution in [2.45, 2.75) is 18.4 Å². The van der Waals surface area contributed by atoms with Crippen molar-refractivity contribution in [2.75, 3.05) is 20.3 Å². The number of methoxy groups -OCH3 is 1. The smallest absolute Gasteiger partial charge is 0.332 e. The molecule has 0 aliphatic carbocycles. The summed E-state index contributed by atoms with van der Waals surface area (Å²) in [5, 5.41) is 13.8. The van der Waals surface area contributed by atoms with Crippen LogP contribution in [0.25, 0.3) is 0 Å². The number of hydrogen-bond donors (Lipinski definition) is 1. The zero-order valence-corrected chi connectivity index (χ0v) is 14.7. The maximum atomic E-state index is 13.2. The Hall–Kier alpha value is -2.87. The second-order valence-corrected chi connectivity index (χ2v) is 6.28. The number of rotatable bonds is 6. The fourth-order valence-electron chi connectivity index (χ4n) is 3.30. The lowest BCUT2D eigenvalue weighted by Crippen LogP contribution is -2.56. The van der Waals surface area contributed by atoms with Crippen LogP contribution >= 0.6 is 0 Å². The van der Waals surface area contributed by atoms with Gasteiger partial charge >= 0.3 is 5.97 Å². The van der Waals surface area contributed by atoms with Crippen LogP contribution in [0.4, 0.5) is 0 Å². The third-order valence-corrected chi connectivity index (χ3v) is 4.54. The molecule has 0 radical (unpaired) electrons. The molecule has 2 aromatic rings. The summed E-state index contributed by atoms with van der Waals surface area (Å²) in [5.41, 5.74) is -1.05. The second-order valence-electron chi connectivity index (χ2n) is 6.28. The highest BCUT2D eigenvalue weighted by Crippen LogP contribution is 2.34. The zero-order chi connectivity index (χ0) is 18.7. The van der Waals surface area contributed by atoms with Crippen molar-refractivity contribution in [3.05, 3.63) is 42.2 Å². The van der Waals surface area contributed by atoms with E-state index in [1.165, 1.54) is 12.0 Å². The average molecular weight is 359 g/mol.